The molecule has 2 aromatic rings. The smallest absolute Gasteiger partial charge is 0.315 e. The van der Waals surface area contributed by atoms with Gasteiger partial charge in [0.2, 0.25) is 0 Å². The quantitative estimate of drug-likeness (QED) is 0.894. The zero-order valence-electron chi connectivity index (χ0n) is 15.5. The monoisotopic (exact) mass is 369 g/mol. The number of amides is 1. The summed E-state index contributed by atoms with van der Waals surface area (Å²) in [5.41, 5.74) is 0.957. The first-order chi connectivity index (χ1) is 13.0. The maximum absolute atomic E-state index is 13.1. The van der Waals surface area contributed by atoms with E-state index in [2.05, 4.69) is 12.0 Å². The molecule has 2 atom stereocenters. The summed E-state index contributed by atoms with van der Waals surface area (Å²) < 4.78 is 7.54. The predicted octanol–water partition coefficient (Wildman–Crippen LogP) is 2.30. The number of ether oxygens (including phenoxy) is 1. The molecule has 1 saturated heterocycles. The van der Waals surface area contributed by atoms with Crippen molar-refractivity contribution in [2.45, 2.75) is 32.7 Å². The molecule has 0 unspecified atom stereocenters. The van der Waals surface area contributed by atoms with Gasteiger partial charge in [-0.05, 0) is 19.4 Å². The third-order valence-electron chi connectivity index (χ3n) is 5.67. The van der Waals surface area contributed by atoms with Gasteiger partial charge in [0.25, 0.3) is 5.91 Å². The fraction of sp³-hybridized carbons (Fsp3) is 0.450. The summed E-state index contributed by atoms with van der Waals surface area (Å²) in [7, 11) is 0. The molecule has 0 radical (unpaired) electrons. The first kappa shape index (κ1) is 17.6. The minimum atomic E-state index is -1.11. The van der Waals surface area contributed by atoms with Gasteiger partial charge in [-0.25, -0.2) is 0 Å². The van der Waals surface area contributed by atoms with Gasteiger partial charge in [-0.3, -0.25) is 14.3 Å². The minimum Gasteiger partial charge on any atom is -0.492 e. The Hall–Kier alpha value is -2.83. The number of carboxylic acids is 1. The zero-order chi connectivity index (χ0) is 19.2. The van der Waals surface area contributed by atoms with Crippen LogP contribution in [0.15, 0.2) is 30.5 Å². The number of hydrogen-bond acceptors (Lipinski definition) is 4. The summed E-state index contributed by atoms with van der Waals surface area (Å²) >= 11 is 0. The number of para-hydroxylation sites is 1. The van der Waals surface area contributed by atoms with Gasteiger partial charge in [0, 0.05) is 37.3 Å². The lowest BCUT2D eigenvalue weighted by atomic mass is 9.73. The molecule has 0 aliphatic carbocycles. The lowest BCUT2D eigenvalue weighted by Crippen LogP contribution is -2.46. The fourth-order valence-corrected chi connectivity index (χ4v) is 4.23. The van der Waals surface area contributed by atoms with Crippen LogP contribution in [0.4, 0.5) is 0 Å². The molecule has 27 heavy (non-hydrogen) atoms. The highest BCUT2D eigenvalue weighted by Gasteiger charge is 2.57. The molecule has 3 heterocycles. The van der Waals surface area contributed by atoms with Crippen molar-refractivity contribution in [3.8, 4) is 5.75 Å². The number of aryl methyl sites for hydroxylation is 2. The van der Waals surface area contributed by atoms with Gasteiger partial charge in [0.1, 0.15) is 17.8 Å². The molecular weight excluding hydrogens is 346 g/mol. The van der Waals surface area contributed by atoms with Crippen molar-refractivity contribution in [2.75, 3.05) is 19.7 Å². The summed E-state index contributed by atoms with van der Waals surface area (Å²) in [6, 6.07) is 7.50. The predicted molar refractivity (Wildman–Crippen MR) is 97.9 cm³/mol. The number of hydrogen-bond donors (Lipinski definition) is 1. The van der Waals surface area contributed by atoms with E-state index >= 15 is 0 Å². The molecule has 142 valence electrons. The number of rotatable bonds is 4. The topological polar surface area (TPSA) is 84.7 Å². The van der Waals surface area contributed by atoms with E-state index in [0.717, 1.165) is 18.5 Å². The molecule has 0 bridgehead atoms. The number of fused-ring (bicyclic) bond motifs is 3. The molecule has 7 nitrogen and oxygen atoms in total. The molecule has 4 rings (SSSR count). The average molecular weight is 369 g/mol. The van der Waals surface area contributed by atoms with Gasteiger partial charge < -0.3 is 14.7 Å². The second kappa shape index (κ2) is 6.40. The third-order valence-corrected chi connectivity index (χ3v) is 5.67. The Morgan fingerprint density at radius 3 is 2.89 bits per heavy atom. The number of carbonyl (C=O) groups excluding carboxylic acids is 1. The van der Waals surface area contributed by atoms with Crippen LogP contribution < -0.4 is 4.74 Å². The van der Waals surface area contributed by atoms with Crippen LogP contribution in [0, 0.1) is 12.3 Å². The summed E-state index contributed by atoms with van der Waals surface area (Å²) in [6.45, 7) is 5.19. The van der Waals surface area contributed by atoms with Crippen molar-refractivity contribution in [3.05, 3.63) is 47.3 Å². The summed E-state index contributed by atoms with van der Waals surface area (Å²) in [5, 5.41) is 14.4. The highest BCUT2D eigenvalue weighted by Crippen LogP contribution is 2.49. The minimum absolute atomic E-state index is 0.0713. The van der Waals surface area contributed by atoms with Crippen LogP contribution >= 0.6 is 0 Å². The van der Waals surface area contributed by atoms with Crippen molar-refractivity contribution < 1.29 is 19.4 Å². The first-order valence-corrected chi connectivity index (χ1v) is 9.24. The number of aromatic nitrogens is 2. The Morgan fingerprint density at radius 1 is 1.37 bits per heavy atom. The highest BCUT2D eigenvalue weighted by atomic mass is 16.5. The Kier molecular flexibility index (Phi) is 4.17. The number of carboxylic acid groups (broad SMARTS) is 1. The molecule has 2 aliphatic heterocycles. The second-order valence-corrected chi connectivity index (χ2v) is 7.42. The normalized spacial score (nSPS) is 23.5. The Morgan fingerprint density at radius 2 is 2.15 bits per heavy atom. The van der Waals surface area contributed by atoms with Gasteiger partial charge in [0.05, 0.1) is 11.3 Å². The number of likely N-dealkylation sites (tertiary alicyclic amines) is 1. The zero-order valence-corrected chi connectivity index (χ0v) is 15.5. The molecular formula is C20H23N3O4. The van der Waals surface area contributed by atoms with Gasteiger partial charge in [-0.15, -0.1) is 0 Å². The number of carbonyl (C=O) groups is 2. The van der Waals surface area contributed by atoms with Gasteiger partial charge in [-0.1, -0.05) is 25.1 Å². The van der Waals surface area contributed by atoms with E-state index in [9.17, 15) is 14.7 Å². The molecule has 1 aromatic carbocycles. The van der Waals surface area contributed by atoms with Gasteiger partial charge in [0.15, 0.2) is 0 Å². The molecule has 1 aromatic heterocycles. The number of aliphatic carboxylic acids is 1. The van der Waals surface area contributed by atoms with Crippen molar-refractivity contribution in [1.29, 1.82) is 0 Å². The van der Waals surface area contributed by atoms with E-state index in [1.165, 1.54) is 0 Å². The van der Waals surface area contributed by atoms with E-state index in [-0.39, 0.29) is 25.0 Å². The van der Waals surface area contributed by atoms with Crippen LogP contribution in [-0.4, -0.2) is 51.4 Å². The van der Waals surface area contributed by atoms with Crippen LogP contribution in [0.1, 0.15) is 40.9 Å². The van der Waals surface area contributed by atoms with E-state index in [1.807, 2.05) is 31.2 Å². The maximum Gasteiger partial charge on any atom is 0.315 e. The van der Waals surface area contributed by atoms with Crippen LogP contribution in [-0.2, 0) is 11.3 Å². The molecule has 0 saturated carbocycles. The first-order valence-electron chi connectivity index (χ1n) is 9.24. The average Bonchev–Trinajstić information content (AvgIpc) is 3.23. The highest BCUT2D eigenvalue weighted by molar-refractivity contribution is 5.96. The Labute approximate surface area is 157 Å². The molecule has 1 amide bonds. The number of benzene rings is 1. The van der Waals surface area contributed by atoms with Gasteiger partial charge >= 0.3 is 5.97 Å². The van der Waals surface area contributed by atoms with Crippen LogP contribution in [0.5, 0.6) is 5.75 Å². The van der Waals surface area contributed by atoms with E-state index < -0.39 is 11.4 Å². The lowest BCUT2D eigenvalue weighted by molar-refractivity contribution is -0.151. The molecule has 2 aliphatic rings. The Bertz CT molecular complexity index is 906. The summed E-state index contributed by atoms with van der Waals surface area (Å²) in [6.07, 6.45) is 2.69. The van der Waals surface area contributed by atoms with Crippen molar-refractivity contribution in [3.63, 3.8) is 0 Å². The van der Waals surface area contributed by atoms with Gasteiger partial charge in [-0.2, -0.15) is 5.10 Å². The van der Waals surface area contributed by atoms with E-state index in [0.29, 0.717) is 23.6 Å². The standard InChI is InChI=1S/C20H23N3O4/c1-3-8-23-9-15(13(2)21-23)18(24)22-10-16-14-6-4-5-7-17(14)27-12-20(16,11-22)19(25)26/h4-7,9,16H,3,8,10-12H2,1-2H3,(H,25,26)/t16-,20-/m1/s1. The molecule has 0 spiro atoms. The molecule has 1 N–H and O–H groups in total. The van der Waals surface area contributed by atoms with Crippen LogP contribution in [0.3, 0.4) is 0 Å². The Balaban J connectivity index is 1.67. The summed E-state index contributed by atoms with van der Waals surface area (Å²) in [5.74, 6) is -0.659. The van der Waals surface area contributed by atoms with Crippen molar-refractivity contribution in [1.82, 2.24) is 14.7 Å². The van der Waals surface area contributed by atoms with Crippen LogP contribution in [0.2, 0.25) is 0 Å². The SMILES string of the molecule is CCCn1cc(C(=O)N2C[C@@H]3c4ccccc4OC[C@]3(C(=O)O)C2)c(C)n1. The number of nitrogens with zero attached hydrogens (tertiary/aromatic N) is 3. The maximum atomic E-state index is 13.1. The van der Waals surface area contributed by atoms with Crippen molar-refractivity contribution >= 4 is 11.9 Å². The van der Waals surface area contributed by atoms with Crippen molar-refractivity contribution in [2.24, 2.45) is 5.41 Å². The second-order valence-electron chi connectivity index (χ2n) is 7.42. The third kappa shape index (κ3) is 2.69. The summed E-state index contributed by atoms with van der Waals surface area (Å²) in [4.78, 5) is 27.0. The lowest BCUT2D eigenvalue weighted by Gasteiger charge is -2.35. The molecule has 7 heteroatoms. The van der Waals surface area contributed by atoms with E-state index in [4.69, 9.17) is 4.74 Å². The molecule has 1 fully saturated rings. The van der Waals surface area contributed by atoms with E-state index in [1.54, 1.807) is 15.8 Å². The van der Waals surface area contributed by atoms with Crippen LogP contribution in [0.25, 0.3) is 0 Å². The largest absolute Gasteiger partial charge is 0.492 e. The fourth-order valence-electron chi connectivity index (χ4n) is 4.23.